The van der Waals surface area contributed by atoms with E-state index in [1.807, 2.05) is 14.2 Å². The van der Waals surface area contributed by atoms with Gasteiger partial charge in [0.15, 0.2) is 0 Å². The first-order valence-corrected chi connectivity index (χ1v) is 10.6. The van der Waals surface area contributed by atoms with Crippen molar-refractivity contribution in [2.24, 2.45) is 17.8 Å². The molecule has 26 heavy (non-hydrogen) atoms. The van der Waals surface area contributed by atoms with Crippen molar-refractivity contribution in [3.63, 3.8) is 0 Å². The third-order valence-electron chi connectivity index (χ3n) is 6.67. The zero-order chi connectivity index (χ0) is 19.3. The summed E-state index contributed by atoms with van der Waals surface area (Å²) in [5.41, 5.74) is 4.43. The van der Waals surface area contributed by atoms with E-state index in [4.69, 9.17) is 9.47 Å². The normalized spacial score (nSPS) is 33.5. The van der Waals surface area contributed by atoms with E-state index >= 15 is 0 Å². The average molecular weight is 364 g/mol. The van der Waals surface area contributed by atoms with E-state index in [0.29, 0.717) is 11.8 Å². The Balaban J connectivity index is 2.38. The van der Waals surface area contributed by atoms with E-state index in [2.05, 4.69) is 39.4 Å². The van der Waals surface area contributed by atoms with Crippen LogP contribution < -0.4 is 0 Å². The summed E-state index contributed by atoms with van der Waals surface area (Å²) in [4.78, 5) is 2.36. The quantitative estimate of drug-likeness (QED) is 0.628. The fourth-order valence-electron chi connectivity index (χ4n) is 5.02. The molecule has 0 spiro atoms. The lowest BCUT2D eigenvalue weighted by Gasteiger charge is -2.39. The highest BCUT2D eigenvalue weighted by Gasteiger charge is 2.34. The molecule has 0 aromatic heterocycles. The second-order valence-electron chi connectivity index (χ2n) is 8.74. The monoisotopic (exact) mass is 363 g/mol. The fraction of sp³-hybridized carbons (Fsp3) is 0.826. The number of nitrogens with zero attached hydrogens (tertiary/aromatic N) is 1. The molecule has 2 aliphatic carbocycles. The first-order chi connectivity index (χ1) is 12.4. The molecule has 0 aromatic carbocycles. The molecule has 3 nitrogen and oxygen atoms in total. The molecule has 0 radical (unpaired) electrons. The van der Waals surface area contributed by atoms with Crippen LogP contribution in [0.5, 0.6) is 0 Å². The van der Waals surface area contributed by atoms with Crippen LogP contribution in [0.25, 0.3) is 0 Å². The minimum Gasteiger partial charge on any atom is -0.381 e. The van der Waals surface area contributed by atoms with Crippen LogP contribution in [0.2, 0.25) is 0 Å². The van der Waals surface area contributed by atoms with Crippen LogP contribution in [0, 0.1) is 17.8 Å². The summed E-state index contributed by atoms with van der Waals surface area (Å²) < 4.78 is 11.5. The van der Waals surface area contributed by atoms with E-state index in [-0.39, 0.29) is 12.2 Å². The Morgan fingerprint density at radius 2 is 1.69 bits per heavy atom. The molecule has 0 bridgehead atoms. The maximum absolute atomic E-state index is 5.73. The summed E-state index contributed by atoms with van der Waals surface area (Å²) in [7, 11) is 8.08. The zero-order valence-electron chi connectivity index (χ0n) is 18.0. The van der Waals surface area contributed by atoms with Crippen LogP contribution in [0.1, 0.15) is 65.2 Å². The molecular weight excluding hydrogens is 322 g/mol. The minimum atomic E-state index is 0.284. The van der Waals surface area contributed by atoms with Gasteiger partial charge in [-0.05, 0) is 67.4 Å². The molecule has 0 N–H and O–H groups in total. The number of methoxy groups -OCH3 is 2. The van der Waals surface area contributed by atoms with Crippen molar-refractivity contribution in [1.82, 2.24) is 4.90 Å². The summed E-state index contributed by atoms with van der Waals surface area (Å²) in [5.74, 6) is 1.85. The van der Waals surface area contributed by atoms with Gasteiger partial charge in [0, 0.05) is 34.0 Å². The lowest BCUT2D eigenvalue weighted by molar-refractivity contribution is -0.0234. The largest absolute Gasteiger partial charge is 0.381 e. The Morgan fingerprint density at radius 3 is 2.19 bits per heavy atom. The van der Waals surface area contributed by atoms with Crippen molar-refractivity contribution in [3.8, 4) is 0 Å². The van der Waals surface area contributed by atoms with Gasteiger partial charge in [-0.15, -0.1) is 0 Å². The maximum Gasteiger partial charge on any atom is 0.0601 e. The summed E-state index contributed by atoms with van der Waals surface area (Å²) >= 11 is 0. The van der Waals surface area contributed by atoms with E-state index in [1.165, 1.54) is 43.4 Å². The Hall–Kier alpha value is -0.800. The minimum absolute atomic E-state index is 0.284. The highest BCUT2D eigenvalue weighted by molar-refractivity contribution is 5.38. The van der Waals surface area contributed by atoms with Crippen LogP contribution >= 0.6 is 0 Å². The van der Waals surface area contributed by atoms with Gasteiger partial charge in [-0.3, -0.25) is 0 Å². The molecule has 1 fully saturated rings. The van der Waals surface area contributed by atoms with Crippen molar-refractivity contribution in [2.75, 3.05) is 28.3 Å². The van der Waals surface area contributed by atoms with Gasteiger partial charge in [0.05, 0.1) is 12.2 Å². The van der Waals surface area contributed by atoms with Crippen molar-refractivity contribution in [3.05, 3.63) is 23.4 Å². The SMILES string of the molecule is C=C(C1=C(N(C)C)CC(C)CCCC1CC)C1CC(OC)CC(OC)C1. The van der Waals surface area contributed by atoms with Gasteiger partial charge in [0.25, 0.3) is 0 Å². The van der Waals surface area contributed by atoms with Crippen LogP contribution in [0.4, 0.5) is 0 Å². The maximum atomic E-state index is 5.73. The second kappa shape index (κ2) is 9.94. The van der Waals surface area contributed by atoms with Crippen LogP contribution in [0.15, 0.2) is 23.4 Å². The molecule has 0 heterocycles. The summed E-state index contributed by atoms with van der Waals surface area (Å²) in [6.45, 7) is 9.41. The van der Waals surface area contributed by atoms with Crippen molar-refractivity contribution in [1.29, 1.82) is 0 Å². The Labute approximate surface area is 161 Å². The van der Waals surface area contributed by atoms with Gasteiger partial charge in [-0.2, -0.15) is 0 Å². The Kier molecular flexibility index (Phi) is 8.22. The highest BCUT2D eigenvalue weighted by Crippen LogP contribution is 2.43. The molecule has 1 saturated carbocycles. The number of hydrogen-bond acceptors (Lipinski definition) is 3. The molecular formula is C23H41NO2. The van der Waals surface area contributed by atoms with Crippen molar-refractivity contribution in [2.45, 2.75) is 77.4 Å². The molecule has 2 aliphatic rings. The molecule has 0 saturated heterocycles. The average Bonchev–Trinajstić information content (AvgIpc) is 2.63. The molecule has 2 rings (SSSR count). The standard InChI is InChI=1S/C23H41NO2/c1-8-18-11-9-10-16(2)12-22(24(4)5)23(18)17(3)19-13-20(25-6)15-21(14-19)26-7/h16,18-21H,3,8-15H2,1-2,4-7H3. The molecule has 150 valence electrons. The lowest BCUT2D eigenvalue weighted by Crippen LogP contribution is -2.34. The van der Waals surface area contributed by atoms with E-state index < -0.39 is 0 Å². The third kappa shape index (κ3) is 5.13. The first-order valence-electron chi connectivity index (χ1n) is 10.6. The fourth-order valence-corrected chi connectivity index (χ4v) is 5.02. The number of ether oxygens (including phenoxy) is 2. The summed E-state index contributed by atoms with van der Waals surface area (Å²) in [6.07, 6.45) is 10.1. The molecule has 0 aliphatic heterocycles. The Bertz CT molecular complexity index is 484. The van der Waals surface area contributed by atoms with Gasteiger partial charge in [-0.1, -0.05) is 33.3 Å². The number of rotatable bonds is 6. The second-order valence-corrected chi connectivity index (χ2v) is 8.74. The van der Waals surface area contributed by atoms with Gasteiger partial charge in [-0.25, -0.2) is 0 Å². The number of allylic oxidation sites excluding steroid dienone is 3. The van der Waals surface area contributed by atoms with Crippen LogP contribution in [-0.2, 0) is 9.47 Å². The van der Waals surface area contributed by atoms with Gasteiger partial charge < -0.3 is 14.4 Å². The van der Waals surface area contributed by atoms with E-state index in [1.54, 1.807) is 5.57 Å². The van der Waals surface area contributed by atoms with Gasteiger partial charge >= 0.3 is 0 Å². The molecule has 4 atom stereocenters. The molecule has 3 heteroatoms. The van der Waals surface area contributed by atoms with E-state index in [9.17, 15) is 0 Å². The summed E-state index contributed by atoms with van der Waals surface area (Å²) in [6, 6.07) is 0. The van der Waals surface area contributed by atoms with Crippen LogP contribution in [0.3, 0.4) is 0 Å². The first kappa shape index (κ1) is 21.5. The molecule has 0 amide bonds. The van der Waals surface area contributed by atoms with Crippen molar-refractivity contribution >= 4 is 0 Å². The number of hydrogen-bond donors (Lipinski definition) is 0. The molecule has 0 aromatic rings. The predicted octanol–water partition coefficient (Wildman–Crippen LogP) is 5.42. The van der Waals surface area contributed by atoms with E-state index in [0.717, 1.165) is 25.2 Å². The van der Waals surface area contributed by atoms with Gasteiger partial charge in [0.1, 0.15) is 0 Å². The highest BCUT2D eigenvalue weighted by atomic mass is 16.5. The Morgan fingerprint density at radius 1 is 1.08 bits per heavy atom. The van der Waals surface area contributed by atoms with Gasteiger partial charge in [0.2, 0.25) is 0 Å². The summed E-state index contributed by atoms with van der Waals surface area (Å²) in [5, 5.41) is 0. The topological polar surface area (TPSA) is 21.7 Å². The zero-order valence-corrected chi connectivity index (χ0v) is 18.0. The predicted molar refractivity (Wildman–Crippen MR) is 110 cm³/mol. The lowest BCUT2D eigenvalue weighted by atomic mass is 9.72. The molecule has 4 unspecified atom stereocenters. The third-order valence-corrected chi connectivity index (χ3v) is 6.67. The smallest absolute Gasteiger partial charge is 0.0601 e. The van der Waals surface area contributed by atoms with Crippen molar-refractivity contribution < 1.29 is 9.47 Å². The van der Waals surface area contributed by atoms with Crippen LogP contribution in [-0.4, -0.2) is 45.4 Å².